The number of benzene rings is 2. The summed E-state index contributed by atoms with van der Waals surface area (Å²) in [6, 6.07) is 16.9. The molecule has 0 aliphatic carbocycles. The summed E-state index contributed by atoms with van der Waals surface area (Å²) < 4.78 is 0. The van der Waals surface area contributed by atoms with Crippen molar-refractivity contribution < 1.29 is 9.90 Å². The lowest BCUT2D eigenvalue weighted by molar-refractivity contribution is 0.234. The number of nitrogens with one attached hydrogen (secondary N) is 2. The van der Waals surface area contributed by atoms with Gasteiger partial charge in [-0.15, -0.1) is 0 Å². The van der Waals surface area contributed by atoms with E-state index in [1.807, 2.05) is 55.5 Å². The average molecular weight is 347 g/mol. The summed E-state index contributed by atoms with van der Waals surface area (Å²) >= 11 is 5.98. The lowest BCUT2D eigenvalue weighted by atomic mass is 9.96. The van der Waals surface area contributed by atoms with Crippen molar-refractivity contribution in [2.45, 2.75) is 25.3 Å². The molecule has 5 heteroatoms. The molecule has 0 saturated carbocycles. The predicted octanol–water partition coefficient (Wildman–Crippen LogP) is 3.87. The van der Waals surface area contributed by atoms with Crippen LogP contribution in [0, 0.1) is 0 Å². The summed E-state index contributed by atoms with van der Waals surface area (Å²) in [5, 5.41) is 15.7. The first-order valence-corrected chi connectivity index (χ1v) is 8.43. The fourth-order valence-corrected chi connectivity index (χ4v) is 2.79. The third-order valence-electron chi connectivity index (χ3n) is 3.95. The van der Waals surface area contributed by atoms with Crippen molar-refractivity contribution in [2.24, 2.45) is 0 Å². The standard InChI is InChI=1S/C19H23ClN2O2/c1-14(16-8-5-9-18(20)12-16)22-19(24)21-13-17(10-11-23)15-6-3-2-4-7-15/h2-9,12,14,17,23H,10-11,13H2,1H3,(H2,21,22,24). The van der Waals surface area contributed by atoms with Crippen LogP contribution < -0.4 is 10.6 Å². The van der Waals surface area contributed by atoms with Crippen molar-refractivity contribution in [1.29, 1.82) is 0 Å². The number of hydrogen-bond acceptors (Lipinski definition) is 2. The highest BCUT2D eigenvalue weighted by molar-refractivity contribution is 6.30. The third kappa shape index (κ3) is 5.55. The van der Waals surface area contributed by atoms with Crippen molar-refractivity contribution in [3.8, 4) is 0 Å². The lowest BCUT2D eigenvalue weighted by Gasteiger charge is -2.19. The average Bonchev–Trinajstić information content (AvgIpc) is 2.59. The second-order valence-corrected chi connectivity index (χ2v) is 6.19. The van der Waals surface area contributed by atoms with Gasteiger partial charge < -0.3 is 15.7 Å². The Morgan fingerprint density at radius 2 is 1.83 bits per heavy atom. The van der Waals surface area contributed by atoms with E-state index in [9.17, 15) is 9.90 Å². The Morgan fingerprint density at radius 3 is 2.50 bits per heavy atom. The second kappa shape index (κ2) is 9.30. The van der Waals surface area contributed by atoms with E-state index < -0.39 is 0 Å². The van der Waals surface area contributed by atoms with Crippen molar-refractivity contribution in [3.05, 3.63) is 70.7 Å². The maximum atomic E-state index is 12.1. The van der Waals surface area contributed by atoms with Gasteiger partial charge in [0.05, 0.1) is 6.04 Å². The van der Waals surface area contributed by atoms with E-state index in [0.29, 0.717) is 18.0 Å². The smallest absolute Gasteiger partial charge is 0.315 e. The molecule has 0 aliphatic rings. The van der Waals surface area contributed by atoms with E-state index in [-0.39, 0.29) is 24.6 Å². The maximum absolute atomic E-state index is 12.1. The van der Waals surface area contributed by atoms with Gasteiger partial charge in [-0.3, -0.25) is 0 Å². The van der Waals surface area contributed by atoms with Crippen LogP contribution in [0.3, 0.4) is 0 Å². The number of amides is 2. The minimum atomic E-state index is -0.235. The first-order valence-electron chi connectivity index (χ1n) is 8.05. The summed E-state index contributed by atoms with van der Waals surface area (Å²) in [6.45, 7) is 2.47. The van der Waals surface area contributed by atoms with Crippen molar-refractivity contribution >= 4 is 17.6 Å². The quantitative estimate of drug-likeness (QED) is 0.712. The Balaban J connectivity index is 1.89. The first kappa shape index (κ1) is 18.3. The number of rotatable bonds is 7. The van der Waals surface area contributed by atoms with Crippen LogP contribution in [0.5, 0.6) is 0 Å². The maximum Gasteiger partial charge on any atom is 0.315 e. The topological polar surface area (TPSA) is 61.4 Å². The number of hydrogen-bond donors (Lipinski definition) is 3. The molecule has 2 amide bonds. The Morgan fingerprint density at radius 1 is 1.12 bits per heavy atom. The predicted molar refractivity (Wildman–Crippen MR) is 97.3 cm³/mol. The van der Waals surface area contributed by atoms with Crippen LogP contribution in [0.15, 0.2) is 54.6 Å². The molecule has 2 aromatic rings. The van der Waals surface area contributed by atoms with Crippen molar-refractivity contribution in [3.63, 3.8) is 0 Å². The molecule has 0 aromatic heterocycles. The number of urea groups is 1. The normalized spacial score (nSPS) is 13.1. The van der Waals surface area contributed by atoms with Crippen LogP contribution in [0.2, 0.25) is 5.02 Å². The van der Waals surface area contributed by atoms with Crippen molar-refractivity contribution in [2.75, 3.05) is 13.2 Å². The van der Waals surface area contributed by atoms with Crippen molar-refractivity contribution in [1.82, 2.24) is 10.6 Å². The van der Waals surface area contributed by atoms with Gasteiger partial charge in [0.25, 0.3) is 0 Å². The Labute approximate surface area is 147 Å². The summed E-state index contributed by atoms with van der Waals surface area (Å²) in [5.74, 6) is 0.0865. The minimum absolute atomic E-state index is 0.0851. The fourth-order valence-electron chi connectivity index (χ4n) is 2.59. The van der Waals surface area contributed by atoms with Gasteiger partial charge in [-0.1, -0.05) is 54.1 Å². The van der Waals surface area contributed by atoms with Crippen LogP contribution in [-0.2, 0) is 0 Å². The van der Waals surface area contributed by atoms with E-state index in [1.165, 1.54) is 0 Å². The molecule has 128 valence electrons. The van der Waals surface area contributed by atoms with E-state index in [2.05, 4.69) is 10.6 Å². The number of halogens is 1. The molecule has 0 heterocycles. The largest absolute Gasteiger partial charge is 0.396 e. The third-order valence-corrected chi connectivity index (χ3v) is 4.19. The highest BCUT2D eigenvalue weighted by Gasteiger charge is 2.14. The van der Waals surface area contributed by atoms with E-state index >= 15 is 0 Å². The number of aliphatic hydroxyl groups excluding tert-OH is 1. The summed E-state index contributed by atoms with van der Waals surface area (Å²) in [7, 11) is 0. The number of carbonyl (C=O) groups is 1. The van der Waals surface area contributed by atoms with E-state index in [4.69, 9.17) is 11.6 Å². The van der Waals surface area contributed by atoms with Gasteiger partial charge in [0.15, 0.2) is 0 Å². The second-order valence-electron chi connectivity index (χ2n) is 5.75. The Bertz CT molecular complexity index is 649. The highest BCUT2D eigenvalue weighted by Crippen LogP contribution is 2.19. The molecule has 0 fully saturated rings. The SMILES string of the molecule is CC(NC(=O)NCC(CCO)c1ccccc1)c1cccc(Cl)c1. The van der Waals surface area contributed by atoms with Gasteiger partial charge in [0, 0.05) is 24.1 Å². The molecular formula is C19H23ClN2O2. The van der Waals surface area contributed by atoms with Gasteiger partial charge in [0.1, 0.15) is 0 Å². The minimum Gasteiger partial charge on any atom is -0.396 e. The molecule has 24 heavy (non-hydrogen) atoms. The molecule has 3 N–H and O–H groups in total. The Kier molecular flexibility index (Phi) is 7.09. The summed E-state index contributed by atoms with van der Waals surface area (Å²) in [5.41, 5.74) is 2.06. The molecule has 0 aliphatic heterocycles. The van der Waals surface area contributed by atoms with E-state index in [0.717, 1.165) is 11.1 Å². The van der Waals surface area contributed by atoms with Crippen LogP contribution in [-0.4, -0.2) is 24.3 Å². The summed E-state index contributed by atoms with van der Waals surface area (Å²) in [6.07, 6.45) is 0.605. The zero-order valence-corrected chi connectivity index (χ0v) is 14.5. The molecule has 0 radical (unpaired) electrons. The molecule has 0 saturated heterocycles. The van der Waals surface area contributed by atoms with Crippen LogP contribution in [0.4, 0.5) is 4.79 Å². The van der Waals surface area contributed by atoms with Gasteiger partial charge in [-0.2, -0.15) is 0 Å². The molecule has 2 rings (SSSR count). The molecule has 2 unspecified atom stereocenters. The van der Waals surface area contributed by atoms with Crippen LogP contribution in [0.1, 0.15) is 36.4 Å². The zero-order chi connectivity index (χ0) is 17.4. The molecular weight excluding hydrogens is 324 g/mol. The first-order chi connectivity index (χ1) is 11.6. The molecule has 4 nitrogen and oxygen atoms in total. The molecule has 0 spiro atoms. The molecule has 0 bridgehead atoms. The summed E-state index contributed by atoms with van der Waals surface area (Å²) in [4.78, 5) is 12.1. The lowest BCUT2D eigenvalue weighted by Crippen LogP contribution is -2.39. The van der Waals surface area contributed by atoms with Crippen LogP contribution >= 0.6 is 11.6 Å². The molecule has 2 aromatic carbocycles. The fraction of sp³-hybridized carbons (Fsp3) is 0.316. The highest BCUT2D eigenvalue weighted by atomic mass is 35.5. The van der Waals surface area contributed by atoms with E-state index in [1.54, 1.807) is 6.07 Å². The van der Waals surface area contributed by atoms with Gasteiger partial charge >= 0.3 is 6.03 Å². The zero-order valence-electron chi connectivity index (χ0n) is 13.7. The van der Waals surface area contributed by atoms with Gasteiger partial charge in [0.2, 0.25) is 0 Å². The molecule has 2 atom stereocenters. The Hall–Kier alpha value is -2.04. The number of carbonyl (C=O) groups excluding carboxylic acids is 1. The van der Waals surface area contributed by atoms with Gasteiger partial charge in [-0.05, 0) is 36.6 Å². The van der Waals surface area contributed by atoms with Gasteiger partial charge in [-0.25, -0.2) is 4.79 Å². The monoisotopic (exact) mass is 346 g/mol. The van der Waals surface area contributed by atoms with Crippen LogP contribution in [0.25, 0.3) is 0 Å². The number of aliphatic hydroxyl groups is 1.